The fraction of sp³-hybridized carbons (Fsp3) is 0.217. The van der Waals surface area contributed by atoms with Crippen LogP contribution in [0.5, 0.6) is 0 Å². The topological polar surface area (TPSA) is 37.2 Å². The average Bonchev–Trinajstić information content (AvgIpc) is 2.95. The number of nitrogens with zero attached hydrogens (tertiary/aromatic N) is 1. The zero-order valence-corrected chi connectivity index (χ0v) is 17.3. The molecule has 0 aliphatic carbocycles. The van der Waals surface area contributed by atoms with E-state index in [9.17, 15) is 5.11 Å². The molecule has 0 aliphatic heterocycles. The van der Waals surface area contributed by atoms with E-state index in [0.717, 1.165) is 27.5 Å². The summed E-state index contributed by atoms with van der Waals surface area (Å²) in [6, 6.07) is 17.9. The highest BCUT2D eigenvalue weighted by Crippen LogP contribution is 2.33. The van der Waals surface area contributed by atoms with E-state index in [0.29, 0.717) is 23.1 Å². The number of aliphatic hydroxyl groups is 1. The molecule has 4 rings (SSSR count). The lowest BCUT2D eigenvalue weighted by Crippen LogP contribution is -2.24. The van der Waals surface area contributed by atoms with Crippen LogP contribution in [-0.2, 0) is 6.54 Å². The van der Waals surface area contributed by atoms with Crippen LogP contribution in [0.25, 0.3) is 21.8 Å². The van der Waals surface area contributed by atoms with E-state index in [1.54, 1.807) is 0 Å². The fourth-order valence-corrected chi connectivity index (χ4v) is 3.95. The Morgan fingerprint density at radius 2 is 1.46 bits per heavy atom. The summed E-state index contributed by atoms with van der Waals surface area (Å²) >= 11 is 12.4. The minimum Gasteiger partial charge on any atom is -0.389 e. The summed E-state index contributed by atoms with van der Waals surface area (Å²) < 4.78 is 2.13. The molecule has 28 heavy (non-hydrogen) atoms. The third kappa shape index (κ3) is 3.70. The standard InChI is InChI=1S/C23H22Cl2N2O/c1-14-3-6-18(9-15(14)2)26-12-19(28)13-27-22-7-4-16(24)10-20(22)21-11-17(25)5-8-23(21)27/h3-11,19,26,28H,12-13H2,1-2H3/t19-/m1/s1. The molecule has 0 saturated heterocycles. The van der Waals surface area contributed by atoms with Crippen LogP contribution in [-0.4, -0.2) is 22.3 Å². The van der Waals surface area contributed by atoms with Crippen LogP contribution in [0.15, 0.2) is 54.6 Å². The summed E-state index contributed by atoms with van der Waals surface area (Å²) in [5.41, 5.74) is 5.58. The summed E-state index contributed by atoms with van der Waals surface area (Å²) in [6.07, 6.45) is -0.549. The van der Waals surface area contributed by atoms with Crippen LogP contribution < -0.4 is 5.32 Å². The molecule has 2 N–H and O–H groups in total. The van der Waals surface area contributed by atoms with Crippen LogP contribution in [0.1, 0.15) is 11.1 Å². The molecular weight excluding hydrogens is 391 g/mol. The third-order valence-corrected chi connectivity index (χ3v) is 5.70. The van der Waals surface area contributed by atoms with Gasteiger partial charge in [0.05, 0.1) is 12.6 Å². The lowest BCUT2D eigenvalue weighted by Gasteiger charge is -2.16. The Balaban J connectivity index is 1.62. The molecule has 0 aliphatic rings. The second-order valence-electron chi connectivity index (χ2n) is 7.27. The highest BCUT2D eigenvalue weighted by Gasteiger charge is 2.14. The van der Waals surface area contributed by atoms with Gasteiger partial charge >= 0.3 is 0 Å². The molecule has 0 radical (unpaired) electrons. The molecule has 144 valence electrons. The predicted molar refractivity (Wildman–Crippen MR) is 120 cm³/mol. The summed E-state index contributed by atoms with van der Waals surface area (Å²) in [7, 11) is 0. The normalized spacial score (nSPS) is 12.6. The van der Waals surface area contributed by atoms with Crippen molar-refractivity contribution in [1.29, 1.82) is 0 Å². The number of hydrogen-bond donors (Lipinski definition) is 2. The number of halogens is 2. The number of anilines is 1. The van der Waals surface area contributed by atoms with Crippen molar-refractivity contribution >= 4 is 50.7 Å². The van der Waals surface area contributed by atoms with E-state index in [1.807, 2.05) is 42.5 Å². The number of hydrogen-bond acceptors (Lipinski definition) is 2. The van der Waals surface area contributed by atoms with Gasteiger partial charge in [-0.2, -0.15) is 0 Å². The van der Waals surface area contributed by atoms with Crippen LogP contribution in [0.3, 0.4) is 0 Å². The summed E-state index contributed by atoms with van der Waals surface area (Å²) in [6.45, 7) is 5.12. The largest absolute Gasteiger partial charge is 0.389 e. The van der Waals surface area contributed by atoms with Gasteiger partial charge < -0.3 is 15.0 Å². The van der Waals surface area contributed by atoms with Gasteiger partial charge in [-0.3, -0.25) is 0 Å². The molecule has 1 heterocycles. The van der Waals surface area contributed by atoms with Crippen molar-refractivity contribution in [1.82, 2.24) is 4.57 Å². The number of fused-ring (bicyclic) bond motifs is 3. The molecule has 0 fully saturated rings. The average molecular weight is 413 g/mol. The van der Waals surface area contributed by atoms with Crippen LogP contribution in [0.4, 0.5) is 5.69 Å². The van der Waals surface area contributed by atoms with Gasteiger partial charge in [-0.15, -0.1) is 0 Å². The number of benzene rings is 3. The van der Waals surface area contributed by atoms with Crippen molar-refractivity contribution in [2.75, 3.05) is 11.9 Å². The Kier molecular flexibility index (Phi) is 5.24. The van der Waals surface area contributed by atoms with Crippen molar-refractivity contribution in [2.24, 2.45) is 0 Å². The maximum Gasteiger partial charge on any atom is 0.0891 e. The van der Waals surface area contributed by atoms with Gasteiger partial charge in [-0.05, 0) is 73.5 Å². The zero-order valence-electron chi connectivity index (χ0n) is 15.8. The summed E-state index contributed by atoms with van der Waals surface area (Å²) in [4.78, 5) is 0. The predicted octanol–water partition coefficient (Wildman–Crippen LogP) is 6.19. The van der Waals surface area contributed by atoms with Crippen molar-refractivity contribution in [3.63, 3.8) is 0 Å². The highest BCUT2D eigenvalue weighted by molar-refractivity contribution is 6.33. The molecule has 3 aromatic carbocycles. The second kappa shape index (κ2) is 7.67. The first kappa shape index (κ1) is 19.1. The van der Waals surface area contributed by atoms with E-state index in [2.05, 4.69) is 35.9 Å². The minimum atomic E-state index is -0.549. The number of aliphatic hydroxyl groups excluding tert-OH is 1. The molecule has 1 atom stereocenters. The third-order valence-electron chi connectivity index (χ3n) is 5.23. The van der Waals surface area contributed by atoms with Crippen LogP contribution >= 0.6 is 23.2 Å². The molecular formula is C23H22Cl2N2O. The maximum absolute atomic E-state index is 10.7. The molecule has 0 bridgehead atoms. The van der Waals surface area contributed by atoms with E-state index < -0.39 is 6.10 Å². The molecule has 0 unspecified atom stereocenters. The molecule has 0 spiro atoms. The first-order valence-corrected chi connectivity index (χ1v) is 10.0. The Labute approximate surface area is 174 Å². The monoisotopic (exact) mass is 412 g/mol. The zero-order chi connectivity index (χ0) is 19.8. The van der Waals surface area contributed by atoms with E-state index in [1.165, 1.54) is 11.1 Å². The minimum absolute atomic E-state index is 0.463. The molecule has 3 nitrogen and oxygen atoms in total. The van der Waals surface area contributed by atoms with Crippen molar-refractivity contribution in [3.8, 4) is 0 Å². The van der Waals surface area contributed by atoms with Crippen LogP contribution in [0.2, 0.25) is 10.0 Å². The first-order valence-electron chi connectivity index (χ1n) is 9.28. The lowest BCUT2D eigenvalue weighted by molar-refractivity contribution is 0.169. The summed E-state index contributed by atoms with van der Waals surface area (Å²) in [5, 5.41) is 17.5. The lowest BCUT2D eigenvalue weighted by atomic mass is 10.1. The quantitative estimate of drug-likeness (QED) is 0.409. The maximum atomic E-state index is 10.7. The van der Waals surface area contributed by atoms with Crippen molar-refractivity contribution in [3.05, 3.63) is 75.8 Å². The van der Waals surface area contributed by atoms with E-state index in [4.69, 9.17) is 23.2 Å². The number of aryl methyl sites for hydroxylation is 2. The van der Waals surface area contributed by atoms with Gasteiger partial charge in [-0.25, -0.2) is 0 Å². The molecule has 4 aromatic rings. The van der Waals surface area contributed by atoms with Gasteiger partial charge in [0.2, 0.25) is 0 Å². The van der Waals surface area contributed by atoms with Gasteiger partial charge in [-0.1, -0.05) is 29.3 Å². The smallest absolute Gasteiger partial charge is 0.0891 e. The molecule has 1 aromatic heterocycles. The van der Waals surface area contributed by atoms with Crippen molar-refractivity contribution in [2.45, 2.75) is 26.5 Å². The van der Waals surface area contributed by atoms with Gasteiger partial charge in [0.15, 0.2) is 0 Å². The molecule has 0 amide bonds. The Bertz CT molecular complexity index is 1110. The molecule has 0 saturated carbocycles. The fourth-order valence-electron chi connectivity index (χ4n) is 3.61. The van der Waals surface area contributed by atoms with E-state index in [-0.39, 0.29) is 0 Å². The Hall–Kier alpha value is -2.20. The van der Waals surface area contributed by atoms with Gasteiger partial charge in [0.25, 0.3) is 0 Å². The first-order chi connectivity index (χ1) is 13.4. The summed E-state index contributed by atoms with van der Waals surface area (Å²) in [5.74, 6) is 0. The van der Waals surface area contributed by atoms with E-state index >= 15 is 0 Å². The number of aromatic nitrogens is 1. The SMILES string of the molecule is Cc1ccc(NC[C@@H](O)Cn2c3ccc(Cl)cc3c3cc(Cl)ccc32)cc1C. The number of nitrogens with one attached hydrogen (secondary N) is 1. The molecule has 5 heteroatoms. The van der Waals surface area contributed by atoms with Gasteiger partial charge in [0.1, 0.15) is 0 Å². The van der Waals surface area contributed by atoms with Crippen LogP contribution in [0, 0.1) is 13.8 Å². The highest BCUT2D eigenvalue weighted by atomic mass is 35.5. The Morgan fingerprint density at radius 3 is 2.04 bits per heavy atom. The van der Waals surface area contributed by atoms with Crippen molar-refractivity contribution < 1.29 is 5.11 Å². The number of rotatable bonds is 5. The second-order valence-corrected chi connectivity index (χ2v) is 8.14. The Morgan fingerprint density at radius 1 is 0.857 bits per heavy atom. The van der Waals surface area contributed by atoms with Gasteiger partial charge in [0, 0.05) is 44.1 Å².